The Hall–Kier alpha value is -1.56. The molecule has 0 atom stereocenters. The lowest BCUT2D eigenvalue weighted by atomic mass is 9.96. The molecule has 2 fully saturated rings. The molecule has 3 amide bonds. The van der Waals surface area contributed by atoms with Crippen LogP contribution in [0.15, 0.2) is 11.8 Å². The fourth-order valence-corrected chi connectivity index (χ4v) is 2.40. The average Bonchev–Trinajstić information content (AvgIpc) is 2.46. The number of amides is 3. The number of piperidine rings is 1. The number of urea groups is 1. The standard InChI is InChI=1S/C13H21N3O3/c14-12(17)11-1-5-16(6-2-11)13(18)15-9-10-3-7-19-8-4-10/h9,11H,1-8H2,(H2,14,17)(H,15,18). The molecule has 0 spiro atoms. The Labute approximate surface area is 113 Å². The van der Waals surface area contributed by atoms with Crippen LogP contribution >= 0.6 is 0 Å². The highest BCUT2D eigenvalue weighted by Crippen LogP contribution is 2.17. The van der Waals surface area contributed by atoms with E-state index in [0.717, 1.165) is 26.1 Å². The molecule has 0 bridgehead atoms. The summed E-state index contributed by atoms with van der Waals surface area (Å²) in [5.41, 5.74) is 6.48. The van der Waals surface area contributed by atoms with Crippen molar-refractivity contribution in [1.29, 1.82) is 0 Å². The summed E-state index contributed by atoms with van der Waals surface area (Å²) in [5.74, 6) is -0.345. The van der Waals surface area contributed by atoms with Gasteiger partial charge in [0.15, 0.2) is 0 Å². The van der Waals surface area contributed by atoms with Gasteiger partial charge in [0.2, 0.25) is 5.91 Å². The minimum absolute atomic E-state index is 0.0853. The third-order valence-electron chi connectivity index (χ3n) is 3.72. The monoisotopic (exact) mass is 267 g/mol. The molecule has 0 radical (unpaired) electrons. The van der Waals surface area contributed by atoms with E-state index < -0.39 is 0 Å². The van der Waals surface area contributed by atoms with Crippen LogP contribution in [0.2, 0.25) is 0 Å². The zero-order chi connectivity index (χ0) is 13.7. The number of hydrogen-bond acceptors (Lipinski definition) is 3. The molecule has 2 saturated heterocycles. The van der Waals surface area contributed by atoms with Crippen LogP contribution < -0.4 is 11.1 Å². The van der Waals surface area contributed by atoms with E-state index in [4.69, 9.17) is 10.5 Å². The van der Waals surface area contributed by atoms with Crippen molar-refractivity contribution in [3.8, 4) is 0 Å². The summed E-state index contributed by atoms with van der Waals surface area (Å²) in [7, 11) is 0. The van der Waals surface area contributed by atoms with Gasteiger partial charge in [0.25, 0.3) is 0 Å². The Balaban J connectivity index is 1.76. The Morgan fingerprint density at radius 3 is 2.47 bits per heavy atom. The van der Waals surface area contributed by atoms with E-state index in [1.807, 2.05) is 0 Å². The molecule has 0 aromatic rings. The van der Waals surface area contributed by atoms with Gasteiger partial charge in [0, 0.05) is 25.2 Å². The van der Waals surface area contributed by atoms with Crippen molar-refractivity contribution in [3.63, 3.8) is 0 Å². The van der Waals surface area contributed by atoms with E-state index >= 15 is 0 Å². The first-order valence-corrected chi connectivity index (χ1v) is 6.77. The van der Waals surface area contributed by atoms with Crippen molar-refractivity contribution in [2.24, 2.45) is 11.7 Å². The molecule has 0 saturated carbocycles. The topological polar surface area (TPSA) is 84.7 Å². The van der Waals surface area contributed by atoms with Gasteiger partial charge in [-0.05, 0) is 31.3 Å². The summed E-state index contributed by atoms with van der Waals surface area (Å²) < 4.78 is 5.25. The highest BCUT2D eigenvalue weighted by Gasteiger charge is 2.25. The lowest BCUT2D eigenvalue weighted by molar-refractivity contribution is -0.122. The van der Waals surface area contributed by atoms with Gasteiger partial charge in [-0.25, -0.2) is 4.79 Å². The highest BCUT2D eigenvalue weighted by atomic mass is 16.5. The van der Waals surface area contributed by atoms with Gasteiger partial charge in [0.1, 0.15) is 0 Å². The molecule has 3 N–H and O–H groups in total. The summed E-state index contributed by atoms with van der Waals surface area (Å²) in [4.78, 5) is 24.7. The molecule has 0 aromatic carbocycles. The first-order valence-electron chi connectivity index (χ1n) is 6.77. The Bertz CT molecular complexity index is 365. The SMILES string of the molecule is NC(=O)C1CCN(C(=O)NC=C2CCOCC2)CC1. The smallest absolute Gasteiger partial charge is 0.321 e. The van der Waals surface area contributed by atoms with E-state index in [1.54, 1.807) is 11.1 Å². The second kappa shape index (κ2) is 6.56. The molecule has 106 valence electrons. The second-order valence-corrected chi connectivity index (χ2v) is 5.03. The quantitative estimate of drug-likeness (QED) is 0.768. The number of primary amides is 1. The molecule has 2 aliphatic rings. The third-order valence-corrected chi connectivity index (χ3v) is 3.72. The van der Waals surface area contributed by atoms with Crippen molar-refractivity contribution in [1.82, 2.24) is 10.2 Å². The minimum atomic E-state index is -0.260. The normalized spacial score (nSPS) is 21.1. The zero-order valence-electron chi connectivity index (χ0n) is 11.1. The van der Waals surface area contributed by atoms with Gasteiger partial charge in [-0.1, -0.05) is 0 Å². The largest absolute Gasteiger partial charge is 0.381 e. The van der Waals surface area contributed by atoms with Gasteiger partial charge >= 0.3 is 6.03 Å². The summed E-state index contributed by atoms with van der Waals surface area (Å²) in [6, 6.07) is -0.0955. The predicted octanol–water partition coefficient (Wildman–Crippen LogP) is 0.588. The van der Waals surface area contributed by atoms with Crippen LogP contribution in [0.25, 0.3) is 0 Å². The van der Waals surface area contributed by atoms with Gasteiger partial charge in [-0.15, -0.1) is 0 Å². The van der Waals surface area contributed by atoms with Crippen molar-refractivity contribution in [2.75, 3.05) is 26.3 Å². The fourth-order valence-electron chi connectivity index (χ4n) is 2.40. The lowest BCUT2D eigenvalue weighted by Crippen LogP contribution is -2.45. The summed E-state index contributed by atoms with van der Waals surface area (Å²) in [6.07, 6.45) is 4.87. The molecule has 0 aliphatic carbocycles. The van der Waals surface area contributed by atoms with Crippen molar-refractivity contribution >= 4 is 11.9 Å². The van der Waals surface area contributed by atoms with E-state index in [0.29, 0.717) is 25.9 Å². The Morgan fingerprint density at radius 1 is 1.26 bits per heavy atom. The number of likely N-dealkylation sites (tertiary alicyclic amines) is 1. The predicted molar refractivity (Wildman–Crippen MR) is 70.2 cm³/mol. The zero-order valence-corrected chi connectivity index (χ0v) is 11.1. The number of rotatable bonds is 2. The fraction of sp³-hybridized carbons (Fsp3) is 0.692. The van der Waals surface area contributed by atoms with Gasteiger partial charge in [0.05, 0.1) is 13.2 Å². The molecule has 6 heteroatoms. The number of ether oxygens (including phenoxy) is 1. The molecule has 0 unspecified atom stereocenters. The minimum Gasteiger partial charge on any atom is -0.381 e. The van der Waals surface area contributed by atoms with E-state index in [1.165, 1.54) is 5.57 Å². The number of carbonyl (C=O) groups is 2. The first kappa shape index (κ1) is 13.9. The molecule has 2 rings (SSSR count). The maximum atomic E-state index is 11.9. The van der Waals surface area contributed by atoms with E-state index in [2.05, 4.69) is 5.32 Å². The first-order chi connectivity index (χ1) is 9.16. The average molecular weight is 267 g/mol. The highest BCUT2D eigenvalue weighted by molar-refractivity contribution is 5.78. The van der Waals surface area contributed by atoms with Crippen LogP contribution in [0.5, 0.6) is 0 Å². The van der Waals surface area contributed by atoms with Crippen LogP contribution in [-0.4, -0.2) is 43.1 Å². The molecular formula is C13H21N3O3. The molecule has 2 aliphatic heterocycles. The molecule has 19 heavy (non-hydrogen) atoms. The van der Waals surface area contributed by atoms with Crippen LogP contribution in [0.1, 0.15) is 25.7 Å². The summed E-state index contributed by atoms with van der Waals surface area (Å²) >= 11 is 0. The van der Waals surface area contributed by atoms with Crippen molar-refractivity contribution in [3.05, 3.63) is 11.8 Å². The number of nitrogens with one attached hydrogen (secondary N) is 1. The maximum absolute atomic E-state index is 11.9. The van der Waals surface area contributed by atoms with Crippen LogP contribution in [0.3, 0.4) is 0 Å². The van der Waals surface area contributed by atoms with Crippen LogP contribution in [0, 0.1) is 5.92 Å². The Morgan fingerprint density at radius 2 is 1.89 bits per heavy atom. The van der Waals surface area contributed by atoms with Gasteiger partial charge in [-0.2, -0.15) is 0 Å². The molecule has 6 nitrogen and oxygen atoms in total. The summed E-state index contributed by atoms with van der Waals surface area (Å²) in [6.45, 7) is 2.63. The molecular weight excluding hydrogens is 246 g/mol. The second-order valence-electron chi connectivity index (χ2n) is 5.03. The van der Waals surface area contributed by atoms with Gasteiger partial charge in [-0.3, -0.25) is 4.79 Å². The Kier molecular flexibility index (Phi) is 4.79. The molecule has 2 heterocycles. The van der Waals surface area contributed by atoms with Crippen LogP contribution in [0.4, 0.5) is 4.79 Å². The maximum Gasteiger partial charge on any atom is 0.321 e. The van der Waals surface area contributed by atoms with Crippen molar-refractivity contribution in [2.45, 2.75) is 25.7 Å². The number of nitrogens with zero attached hydrogens (tertiary/aromatic N) is 1. The van der Waals surface area contributed by atoms with Crippen LogP contribution in [-0.2, 0) is 9.53 Å². The number of hydrogen-bond donors (Lipinski definition) is 2. The molecule has 0 aromatic heterocycles. The van der Waals surface area contributed by atoms with Crippen molar-refractivity contribution < 1.29 is 14.3 Å². The third kappa shape index (κ3) is 3.96. The van der Waals surface area contributed by atoms with E-state index in [9.17, 15) is 9.59 Å². The van der Waals surface area contributed by atoms with E-state index in [-0.39, 0.29) is 17.9 Å². The summed E-state index contributed by atoms with van der Waals surface area (Å²) in [5, 5.41) is 2.82. The lowest BCUT2D eigenvalue weighted by Gasteiger charge is -2.30. The number of nitrogens with two attached hydrogens (primary N) is 1. The van der Waals surface area contributed by atoms with Gasteiger partial charge < -0.3 is 20.7 Å². The number of carbonyl (C=O) groups excluding carboxylic acids is 2.